The minimum absolute atomic E-state index is 0.102. The molecule has 0 radical (unpaired) electrons. The Kier molecular flexibility index (Phi) is 6.14. The van der Waals surface area contributed by atoms with Gasteiger partial charge in [0.05, 0.1) is 6.54 Å². The molecule has 4 rings (SSSR count). The van der Waals surface area contributed by atoms with Gasteiger partial charge in [-0.2, -0.15) is 0 Å². The summed E-state index contributed by atoms with van der Waals surface area (Å²) in [4.78, 5) is 35.0. The van der Waals surface area contributed by atoms with Gasteiger partial charge in [-0.15, -0.1) is 0 Å². The van der Waals surface area contributed by atoms with Crippen LogP contribution in [0.4, 0.5) is 0 Å². The van der Waals surface area contributed by atoms with Gasteiger partial charge in [-0.1, -0.05) is 6.92 Å². The van der Waals surface area contributed by atoms with Crippen molar-refractivity contribution < 1.29 is 9.59 Å². The van der Waals surface area contributed by atoms with Crippen molar-refractivity contribution in [3.05, 3.63) is 35.0 Å². The molecule has 1 aromatic carbocycles. The monoisotopic (exact) mass is 410 g/mol. The summed E-state index contributed by atoms with van der Waals surface area (Å²) in [6.45, 7) is 11.1. The molecular formula is C24H34N4O2. The number of fused-ring (bicyclic) bond motifs is 3. The highest BCUT2D eigenvalue weighted by Crippen LogP contribution is 2.32. The molecule has 2 amide bonds. The number of rotatable bonds is 5. The number of likely N-dealkylation sites (N-methyl/N-ethyl adjacent to an activating group) is 1. The summed E-state index contributed by atoms with van der Waals surface area (Å²) < 4.78 is 0. The van der Waals surface area contributed by atoms with Crippen LogP contribution in [0.2, 0.25) is 0 Å². The van der Waals surface area contributed by atoms with Gasteiger partial charge in [0.15, 0.2) is 0 Å². The summed E-state index contributed by atoms with van der Waals surface area (Å²) in [5, 5.41) is 1.21. The first-order chi connectivity index (χ1) is 14.5. The zero-order chi connectivity index (χ0) is 21.3. The summed E-state index contributed by atoms with van der Waals surface area (Å²) >= 11 is 0. The fourth-order valence-electron chi connectivity index (χ4n) is 4.88. The average molecular weight is 411 g/mol. The van der Waals surface area contributed by atoms with Gasteiger partial charge in [0.25, 0.3) is 5.91 Å². The van der Waals surface area contributed by atoms with Gasteiger partial charge in [-0.05, 0) is 62.8 Å². The number of aryl methyl sites for hydroxylation is 1. The zero-order valence-corrected chi connectivity index (χ0v) is 18.5. The number of amides is 2. The Morgan fingerprint density at radius 2 is 1.87 bits per heavy atom. The summed E-state index contributed by atoms with van der Waals surface area (Å²) in [5.74, 6) is 0.977. The Labute approximate surface area is 179 Å². The quantitative estimate of drug-likeness (QED) is 0.825. The van der Waals surface area contributed by atoms with Gasteiger partial charge < -0.3 is 14.8 Å². The van der Waals surface area contributed by atoms with Crippen LogP contribution in [0.25, 0.3) is 10.9 Å². The Morgan fingerprint density at radius 1 is 1.13 bits per heavy atom. The highest BCUT2D eigenvalue weighted by Gasteiger charge is 2.25. The third-order valence-electron chi connectivity index (χ3n) is 6.82. The summed E-state index contributed by atoms with van der Waals surface area (Å²) in [6.07, 6.45) is 3.42. The molecule has 1 aromatic heterocycles. The highest BCUT2D eigenvalue weighted by molar-refractivity contribution is 5.99. The second-order valence-electron chi connectivity index (χ2n) is 8.82. The molecule has 2 heterocycles. The van der Waals surface area contributed by atoms with Crippen LogP contribution >= 0.6 is 0 Å². The molecule has 6 nitrogen and oxygen atoms in total. The molecule has 1 N–H and O–H groups in total. The number of nitrogens with one attached hydrogen (secondary N) is 1. The first-order valence-corrected chi connectivity index (χ1v) is 11.4. The number of benzene rings is 1. The molecule has 1 atom stereocenters. The number of aromatic amines is 1. The lowest BCUT2D eigenvalue weighted by Gasteiger charge is -2.35. The van der Waals surface area contributed by atoms with Gasteiger partial charge in [-0.25, -0.2) is 0 Å². The maximum Gasteiger partial charge on any atom is 0.253 e. The van der Waals surface area contributed by atoms with E-state index in [1.165, 1.54) is 23.1 Å². The summed E-state index contributed by atoms with van der Waals surface area (Å²) in [7, 11) is 0. The van der Waals surface area contributed by atoms with Crippen LogP contribution < -0.4 is 0 Å². The third kappa shape index (κ3) is 4.10. The van der Waals surface area contributed by atoms with Crippen molar-refractivity contribution >= 4 is 22.7 Å². The highest BCUT2D eigenvalue weighted by atomic mass is 16.2. The fourth-order valence-corrected chi connectivity index (χ4v) is 4.88. The standard InChI is InChI=1S/C24H34N4O2/c1-4-27(5-2)23(29)16-26-10-12-28(13-11-26)24(30)18-7-9-22-20(15-18)19-14-17(3)6-8-21(19)25-22/h7,9,15,17,25H,4-6,8,10-14,16H2,1-3H3. The van der Waals surface area contributed by atoms with E-state index in [4.69, 9.17) is 0 Å². The van der Waals surface area contributed by atoms with Crippen molar-refractivity contribution in [2.45, 2.75) is 40.0 Å². The summed E-state index contributed by atoms with van der Waals surface area (Å²) in [6, 6.07) is 6.10. The maximum atomic E-state index is 13.1. The predicted octanol–water partition coefficient (Wildman–Crippen LogP) is 2.92. The Morgan fingerprint density at radius 3 is 2.57 bits per heavy atom. The number of carbonyl (C=O) groups excluding carboxylic acids is 2. The SMILES string of the molecule is CCN(CC)C(=O)CN1CCN(C(=O)c2ccc3[nH]c4c(c3c2)CC(C)CC4)CC1. The average Bonchev–Trinajstić information content (AvgIpc) is 3.11. The van der Waals surface area contributed by atoms with Crippen molar-refractivity contribution in [1.82, 2.24) is 19.7 Å². The Bertz CT molecular complexity index is 923. The summed E-state index contributed by atoms with van der Waals surface area (Å²) in [5.41, 5.74) is 4.66. The van der Waals surface area contributed by atoms with E-state index in [9.17, 15) is 9.59 Å². The number of hydrogen-bond acceptors (Lipinski definition) is 3. The first-order valence-electron chi connectivity index (χ1n) is 11.4. The molecule has 30 heavy (non-hydrogen) atoms. The van der Waals surface area contributed by atoms with Gasteiger partial charge >= 0.3 is 0 Å². The molecule has 6 heteroatoms. The van der Waals surface area contributed by atoms with Crippen LogP contribution in [-0.4, -0.2) is 77.3 Å². The smallest absolute Gasteiger partial charge is 0.253 e. The molecule has 1 aliphatic heterocycles. The molecule has 1 aliphatic carbocycles. The largest absolute Gasteiger partial charge is 0.358 e. The predicted molar refractivity (Wildman–Crippen MR) is 120 cm³/mol. The second kappa shape index (κ2) is 8.80. The van der Waals surface area contributed by atoms with Crippen molar-refractivity contribution in [1.29, 1.82) is 0 Å². The number of H-pyrrole nitrogens is 1. The van der Waals surface area contributed by atoms with E-state index in [0.29, 0.717) is 25.6 Å². The molecule has 1 fully saturated rings. The Balaban J connectivity index is 1.41. The molecule has 0 spiro atoms. The topological polar surface area (TPSA) is 59.7 Å². The first kappa shape index (κ1) is 20.9. The van der Waals surface area contributed by atoms with Crippen LogP contribution in [0.15, 0.2) is 18.2 Å². The van der Waals surface area contributed by atoms with E-state index in [0.717, 1.165) is 50.1 Å². The lowest BCUT2D eigenvalue weighted by atomic mass is 9.87. The van der Waals surface area contributed by atoms with Crippen LogP contribution in [0.5, 0.6) is 0 Å². The molecule has 1 saturated heterocycles. The molecule has 0 saturated carbocycles. The van der Waals surface area contributed by atoms with E-state index >= 15 is 0 Å². The lowest BCUT2D eigenvalue weighted by Crippen LogP contribution is -2.51. The fraction of sp³-hybridized carbons (Fsp3) is 0.583. The second-order valence-corrected chi connectivity index (χ2v) is 8.82. The minimum Gasteiger partial charge on any atom is -0.358 e. The van der Waals surface area contributed by atoms with E-state index in [1.54, 1.807) is 0 Å². The third-order valence-corrected chi connectivity index (χ3v) is 6.82. The van der Waals surface area contributed by atoms with Crippen LogP contribution in [-0.2, 0) is 17.6 Å². The van der Waals surface area contributed by atoms with E-state index in [-0.39, 0.29) is 11.8 Å². The number of piperazine rings is 1. The van der Waals surface area contributed by atoms with Crippen molar-refractivity contribution in [3.8, 4) is 0 Å². The van der Waals surface area contributed by atoms with Crippen molar-refractivity contribution in [2.75, 3.05) is 45.8 Å². The van der Waals surface area contributed by atoms with Crippen LogP contribution in [0.3, 0.4) is 0 Å². The Hall–Kier alpha value is -2.34. The number of hydrogen-bond donors (Lipinski definition) is 1. The number of aromatic nitrogens is 1. The molecule has 2 aliphatic rings. The molecular weight excluding hydrogens is 376 g/mol. The van der Waals surface area contributed by atoms with Gasteiger partial charge in [0, 0.05) is 61.4 Å². The molecule has 0 bridgehead atoms. The normalized spacial score (nSPS) is 19.7. The molecule has 2 aromatic rings. The van der Waals surface area contributed by atoms with Gasteiger partial charge in [0.2, 0.25) is 5.91 Å². The zero-order valence-electron chi connectivity index (χ0n) is 18.5. The van der Waals surface area contributed by atoms with E-state index in [1.807, 2.05) is 29.7 Å². The van der Waals surface area contributed by atoms with E-state index in [2.05, 4.69) is 28.9 Å². The van der Waals surface area contributed by atoms with Crippen molar-refractivity contribution in [3.63, 3.8) is 0 Å². The lowest BCUT2D eigenvalue weighted by molar-refractivity contribution is -0.132. The van der Waals surface area contributed by atoms with Crippen molar-refractivity contribution in [2.24, 2.45) is 5.92 Å². The minimum atomic E-state index is 0.102. The number of carbonyl (C=O) groups is 2. The van der Waals surface area contributed by atoms with Crippen LogP contribution in [0, 0.1) is 5.92 Å². The maximum absolute atomic E-state index is 13.1. The molecule has 1 unspecified atom stereocenters. The van der Waals surface area contributed by atoms with E-state index < -0.39 is 0 Å². The number of nitrogens with zero attached hydrogens (tertiary/aromatic N) is 3. The molecule has 162 valence electrons. The van der Waals surface area contributed by atoms with Crippen LogP contribution in [0.1, 0.15) is 48.8 Å². The van der Waals surface area contributed by atoms with Gasteiger partial charge in [-0.3, -0.25) is 14.5 Å². The van der Waals surface area contributed by atoms with Gasteiger partial charge in [0.1, 0.15) is 0 Å².